The van der Waals surface area contributed by atoms with Crippen molar-refractivity contribution >= 4 is 17.8 Å². The molecule has 0 saturated carbocycles. The van der Waals surface area contributed by atoms with E-state index in [4.69, 9.17) is 0 Å². The van der Waals surface area contributed by atoms with E-state index in [1.54, 1.807) is 11.8 Å². The van der Waals surface area contributed by atoms with Crippen LogP contribution in [0, 0.1) is 0 Å². The van der Waals surface area contributed by atoms with Gasteiger partial charge in [0.25, 0.3) is 0 Å². The zero-order valence-corrected chi connectivity index (χ0v) is 9.73. The average Bonchev–Trinajstić information content (AvgIpc) is 2.37. The Morgan fingerprint density at radius 2 is 1.81 bits per heavy atom. The zero-order chi connectivity index (χ0) is 11.1. The summed E-state index contributed by atoms with van der Waals surface area (Å²) in [5.74, 6) is 1.00. The van der Waals surface area contributed by atoms with E-state index >= 15 is 0 Å². The molecule has 0 N–H and O–H groups in total. The van der Waals surface area contributed by atoms with Crippen molar-refractivity contribution < 1.29 is 0 Å². The Morgan fingerprint density at radius 3 is 2.56 bits per heavy atom. The van der Waals surface area contributed by atoms with Gasteiger partial charge in [0.15, 0.2) is 0 Å². The molecule has 0 atom stereocenters. The van der Waals surface area contributed by atoms with Gasteiger partial charge in [-0.1, -0.05) is 36.4 Å². The van der Waals surface area contributed by atoms with Gasteiger partial charge in [-0.05, 0) is 29.2 Å². The molecule has 0 radical (unpaired) electrons. The lowest BCUT2D eigenvalue weighted by atomic mass is 10.2. The van der Waals surface area contributed by atoms with E-state index in [1.165, 1.54) is 5.56 Å². The van der Waals surface area contributed by atoms with Crippen LogP contribution in [-0.2, 0) is 5.75 Å². The molecule has 0 spiro atoms. The first-order chi connectivity index (χ1) is 7.95. The van der Waals surface area contributed by atoms with Gasteiger partial charge in [0, 0.05) is 11.9 Å². The molecule has 1 heterocycles. The Balaban J connectivity index is 1.83. The molecule has 0 aliphatic rings. The Morgan fingerprint density at radius 1 is 1.00 bits per heavy atom. The summed E-state index contributed by atoms with van der Waals surface area (Å²) in [6.45, 7) is 0. The molecular weight excluding hydrogens is 214 g/mol. The highest BCUT2D eigenvalue weighted by atomic mass is 32.2. The lowest BCUT2D eigenvalue weighted by Gasteiger charge is -1.96. The standard InChI is InChI=1S/C14H13NS/c1-2-6-13(7-3-1)12-16-11-9-14-8-4-5-10-15-14/h1-11H,12H2. The van der Waals surface area contributed by atoms with Crippen molar-refractivity contribution in [1.29, 1.82) is 0 Å². The summed E-state index contributed by atoms with van der Waals surface area (Å²) in [6, 6.07) is 16.4. The minimum absolute atomic E-state index is 1.00. The lowest BCUT2D eigenvalue weighted by Crippen LogP contribution is -1.77. The summed E-state index contributed by atoms with van der Waals surface area (Å²) < 4.78 is 0. The second-order valence-corrected chi connectivity index (χ2v) is 4.25. The Hall–Kier alpha value is -1.54. The van der Waals surface area contributed by atoms with Gasteiger partial charge in [-0.15, -0.1) is 11.8 Å². The number of hydrogen-bond donors (Lipinski definition) is 0. The van der Waals surface area contributed by atoms with Crippen LogP contribution in [0.25, 0.3) is 6.08 Å². The second kappa shape index (κ2) is 6.13. The van der Waals surface area contributed by atoms with Crippen molar-refractivity contribution in [2.75, 3.05) is 0 Å². The fraction of sp³-hybridized carbons (Fsp3) is 0.0714. The van der Waals surface area contributed by atoms with Crippen molar-refractivity contribution in [3.63, 3.8) is 0 Å². The molecule has 1 aromatic heterocycles. The molecule has 2 rings (SSSR count). The summed E-state index contributed by atoms with van der Waals surface area (Å²) in [5, 5.41) is 2.09. The van der Waals surface area contributed by atoms with Crippen molar-refractivity contribution in [3.8, 4) is 0 Å². The SMILES string of the molecule is C(=Cc1ccccn1)SCc1ccccc1. The first-order valence-corrected chi connectivity index (χ1v) is 6.23. The average molecular weight is 227 g/mol. The molecule has 1 aromatic carbocycles. The van der Waals surface area contributed by atoms with Gasteiger partial charge in [-0.25, -0.2) is 0 Å². The van der Waals surface area contributed by atoms with Gasteiger partial charge in [0.05, 0.1) is 5.69 Å². The normalized spacial score (nSPS) is 10.8. The lowest BCUT2D eigenvalue weighted by molar-refractivity contribution is 1.30. The third kappa shape index (κ3) is 3.55. The van der Waals surface area contributed by atoms with E-state index < -0.39 is 0 Å². The monoisotopic (exact) mass is 227 g/mol. The highest BCUT2D eigenvalue weighted by Gasteiger charge is 1.89. The van der Waals surface area contributed by atoms with E-state index in [0.717, 1.165) is 11.4 Å². The minimum atomic E-state index is 1.00. The molecular formula is C14H13NS. The van der Waals surface area contributed by atoms with E-state index in [1.807, 2.05) is 36.5 Å². The molecule has 2 heteroatoms. The highest BCUT2D eigenvalue weighted by Crippen LogP contribution is 2.13. The minimum Gasteiger partial charge on any atom is -0.257 e. The molecule has 16 heavy (non-hydrogen) atoms. The smallest absolute Gasteiger partial charge is 0.0634 e. The molecule has 0 bridgehead atoms. The number of thioether (sulfide) groups is 1. The van der Waals surface area contributed by atoms with Crippen molar-refractivity contribution in [1.82, 2.24) is 4.98 Å². The van der Waals surface area contributed by atoms with E-state index in [-0.39, 0.29) is 0 Å². The topological polar surface area (TPSA) is 12.9 Å². The van der Waals surface area contributed by atoms with E-state index in [0.29, 0.717) is 0 Å². The largest absolute Gasteiger partial charge is 0.257 e. The van der Waals surface area contributed by atoms with Crippen LogP contribution < -0.4 is 0 Å². The zero-order valence-electron chi connectivity index (χ0n) is 8.91. The van der Waals surface area contributed by atoms with Gasteiger partial charge in [0.1, 0.15) is 0 Å². The third-order valence-corrected chi connectivity index (χ3v) is 2.94. The van der Waals surface area contributed by atoms with Crippen molar-refractivity contribution in [2.24, 2.45) is 0 Å². The van der Waals surface area contributed by atoms with Crippen LogP contribution in [0.2, 0.25) is 0 Å². The first-order valence-electron chi connectivity index (χ1n) is 5.18. The van der Waals surface area contributed by atoms with Gasteiger partial charge in [-0.2, -0.15) is 0 Å². The number of nitrogens with zero attached hydrogens (tertiary/aromatic N) is 1. The van der Waals surface area contributed by atoms with Crippen molar-refractivity contribution in [3.05, 3.63) is 71.4 Å². The number of benzene rings is 1. The Kier molecular flexibility index (Phi) is 4.20. The number of hydrogen-bond acceptors (Lipinski definition) is 2. The molecule has 0 amide bonds. The molecule has 0 saturated heterocycles. The molecule has 1 nitrogen and oxygen atoms in total. The van der Waals surface area contributed by atoms with Gasteiger partial charge in [0.2, 0.25) is 0 Å². The molecule has 2 aromatic rings. The van der Waals surface area contributed by atoms with Gasteiger partial charge >= 0.3 is 0 Å². The highest BCUT2D eigenvalue weighted by molar-refractivity contribution is 8.01. The van der Waals surface area contributed by atoms with Crippen LogP contribution in [0.5, 0.6) is 0 Å². The quantitative estimate of drug-likeness (QED) is 0.783. The van der Waals surface area contributed by atoms with Crippen LogP contribution >= 0.6 is 11.8 Å². The predicted octanol–water partition coefficient (Wildman–Crippen LogP) is 3.99. The maximum atomic E-state index is 4.22. The molecule has 0 aliphatic heterocycles. The van der Waals surface area contributed by atoms with Crippen LogP contribution in [-0.4, -0.2) is 4.98 Å². The molecule has 0 fully saturated rings. The Bertz CT molecular complexity index is 437. The van der Waals surface area contributed by atoms with Crippen LogP contribution in [0.1, 0.15) is 11.3 Å². The molecule has 0 unspecified atom stereocenters. The summed E-state index contributed by atoms with van der Waals surface area (Å²) in [7, 11) is 0. The van der Waals surface area contributed by atoms with Crippen LogP contribution in [0.3, 0.4) is 0 Å². The maximum absolute atomic E-state index is 4.22. The van der Waals surface area contributed by atoms with Gasteiger partial charge < -0.3 is 0 Å². The fourth-order valence-electron chi connectivity index (χ4n) is 1.31. The summed E-state index contributed by atoms with van der Waals surface area (Å²) in [5.41, 5.74) is 2.35. The van der Waals surface area contributed by atoms with Crippen LogP contribution in [0.4, 0.5) is 0 Å². The summed E-state index contributed by atoms with van der Waals surface area (Å²) >= 11 is 1.78. The van der Waals surface area contributed by atoms with E-state index in [9.17, 15) is 0 Å². The third-order valence-electron chi connectivity index (χ3n) is 2.12. The number of rotatable bonds is 4. The number of pyridine rings is 1. The predicted molar refractivity (Wildman–Crippen MR) is 71.0 cm³/mol. The molecule has 0 aliphatic carbocycles. The first kappa shape index (κ1) is 11.0. The summed E-state index contributed by atoms with van der Waals surface area (Å²) in [6.07, 6.45) is 3.84. The fourth-order valence-corrected chi connectivity index (χ4v) is 2.03. The number of aromatic nitrogens is 1. The summed E-state index contributed by atoms with van der Waals surface area (Å²) in [4.78, 5) is 4.22. The Labute approximate surface area is 100 Å². The second-order valence-electron chi connectivity index (χ2n) is 3.35. The maximum Gasteiger partial charge on any atom is 0.0634 e. The van der Waals surface area contributed by atoms with E-state index in [2.05, 4.69) is 34.7 Å². The molecule has 80 valence electrons. The van der Waals surface area contributed by atoms with Crippen LogP contribution in [0.15, 0.2) is 60.1 Å². The van der Waals surface area contributed by atoms with Gasteiger partial charge in [-0.3, -0.25) is 4.98 Å². The van der Waals surface area contributed by atoms with Crippen molar-refractivity contribution in [2.45, 2.75) is 5.75 Å².